The van der Waals surface area contributed by atoms with Gasteiger partial charge in [0.2, 0.25) is 0 Å². The summed E-state index contributed by atoms with van der Waals surface area (Å²) in [4.78, 5) is 2.00. The smallest absolute Gasteiger partial charge is 0.309 e. The van der Waals surface area contributed by atoms with Gasteiger partial charge in [-0.15, -0.1) is 0 Å². The molecule has 0 fully saturated rings. The lowest BCUT2D eigenvalue weighted by molar-refractivity contribution is -0.137. The summed E-state index contributed by atoms with van der Waals surface area (Å²) in [7, 11) is 3.87. The first-order chi connectivity index (χ1) is 9.88. The first-order valence-corrected chi connectivity index (χ1v) is 6.69. The zero-order valence-corrected chi connectivity index (χ0v) is 12.0. The molecule has 0 saturated carbocycles. The van der Waals surface area contributed by atoms with Gasteiger partial charge < -0.3 is 4.90 Å². The van der Waals surface area contributed by atoms with Gasteiger partial charge in [0.1, 0.15) is 0 Å². The fraction of sp³-hybridized carbons (Fsp3) is 0.400. The summed E-state index contributed by atoms with van der Waals surface area (Å²) in [5.41, 5.74) is -0.00242. The second kappa shape index (κ2) is 6.30. The Balaban J connectivity index is 2.32. The summed E-state index contributed by atoms with van der Waals surface area (Å²) in [5.74, 6) is 0. The molecule has 0 radical (unpaired) electrons. The number of nitrogens with zero attached hydrogens (tertiary/aromatic N) is 3. The van der Waals surface area contributed by atoms with Crippen molar-refractivity contribution in [2.45, 2.75) is 18.6 Å². The van der Waals surface area contributed by atoms with Crippen molar-refractivity contribution in [3.8, 4) is 0 Å². The molecule has 0 aliphatic carbocycles. The van der Waals surface area contributed by atoms with Crippen molar-refractivity contribution in [3.63, 3.8) is 0 Å². The number of rotatable bonds is 5. The molecule has 1 atom stereocenters. The van der Waals surface area contributed by atoms with Crippen molar-refractivity contribution in [3.05, 3.63) is 53.9 Å². The van der Waals surface area contributed by atoms with E-state index in [1.165, 1.54) is 12.1 Å². The minimum atomic E-state index is -4.33. The molecule has 0 bridgehead atoms. The van der Waals surface area contributed by atoms with E-state index in [9.17, 15) is 13.2 Å². The Morgan fingerprint density at radius 1 is 1.24 bits per heavy atom. The maximum Gasteiger partial charge on any atom is 0.416 e. The summed E-state index contributed by atoms with van der Waals surface area (Å²) in [5, 5.41) is 4.18. The summed E-state index contributed by atoms with van der Waals surface area (Å²) < 4.78 is 40.3. The van der Waals surface area contributed by atoms with Crippen LogP contribution < -0.4 is 0 Å². The predicted molar refractivity (Wildman–Crippen MR) is 75.0 cm³/mol. The lowest BCUT2D eigenvalue weighted by Gasteiger charge is -2.21. The number of benzene rings is 1. The number of hydrogen-bond donors (Lipinski definition) is 0. The van der Waals surface area contributed by atoms with Crippen LogP contribution in [0.2, 0.25) is 0 Å². The monoisotopic (exact) mass is 297 g/mol. The molecule has 114 valence electrons. The molecule has 21 heavy (non-hydrogen) atoms. The van der Waals surface area contributed by atoms with E-state index in [0.29, 0.717) is 12.0 Å². The lowest BCUT2D eigenvalue weighted by Crippen LogP contribution is -2.20. The van der Waals surface area contributed by atoms with Crippen LogP contribution in [-0.4, -0.2) is 35.3 Å². The van der Waals surface area contributed by atoms with Gasteiger partial charge in [-0.1, -0.05) is 12.1 Å². The van der Waals surface area contributed by atoms with Crippen molar-refractivity contribution in [1.82, 2.24) is 14.7 Å². The van der Waals surface area contributed by atoms with Crippen molar-refractivity contribution in [2.24, 2.45) is 0 Å². The molecule has 2 aromatic rings. The Hall–Kier alpha value is -1.82. The zero-order chi connectivity index (χ0) is 15.5. The molecule has 3 nitrogen and oxygen atoms in total. The SMILES string of the molecule is CN(C)CCC(c1cccc(C(F)(F)F)c1)n1cccn1. The van der Waals surface area contributed by atoms with Gasteiger partial charge in [-0.3, -0.25) is 4.68 Å². The average molecular weight is 297 g/mol. The topological polar surface area (TPSA) is 21.1 Å². The molecule has 0 saturated heterocycles. The highest BCUT2D eigenvalue weighted by Crippen LogP contribution is 2.32. The van der Waals surface area contributed by atoms with Gasteiger partial charge >= 0.3 is 6.18 Å². The molecule has 0 aliphatic heterocycles. The Morgan fingerprint density at radius 2 is 2.00 bits per heavy atom. The molecule has 1 unspecified atom stereocenters. The van der Waals surface area contributed by atoms with Gasteiger partial charge in [0.05, 0.1) is 11.6 Å². The van der Waals surface area contributed by atoms with E-state index in [0.717, 1.165) is 12.6 Å². The van der Waals surface area contributed by atoms with Crippen LogP contribution in [0.4, 0.5) is 13.2 Å². The highest BCUT2D eigenvalue weighted by Gasteiger charge is 2.31. The molecule has 0 amide bonds. The molecule has 0 aliphatic rings. The maximum absolute atomic E-state index is 12.9. The van der Waals surface area contributed by atoms with Crippen LogP contribution in [0.25, 0.3) is 0 Å². The van der Waals surface area contributed by atoms with E-state index in [1.54, 1.807) is 29.2 Å². The molecular weight excluding hydrogens is 279 g/mol. The van der Waals surface area contributed by atoms with E-state index < -0.39 is 11.7 Å². The molecule has 0 N–H and O–H groups in total. The van der Waals surface area contributed by atoms with Gasteiger partial charge in [-0.2, -0.15) is 18.3 Å². The summed E-state index contributed by atoms with van der Waals surface area (Å²) in [6.07, 6.45) is -0.223. The van der Waals surface area contributed by atoms with Gasteiger partial charge in [0.15, 0.2) is 0 Å². The maximum atomic E-state index is 12.9. The third-order valence-corrected chi connectivity index (χ3v) is 3.29. The first kappa shape index (κ1) is 15.6. The number of hydrogen-bond acceptors (Lipinski definition) is 2. The standard InChI is InChI=1S/C15H18F3N3/c1-20(2)10-7-14(21-9-4-8-19-21)12-5-3-6-13(11-12)15(16,17)18/h3-6,8-9,11,14H,7,10H2,1-2H3. The summed E-state index contributed by atoms with van der Waals surface area (Å²) in [6, 6.07) is 7.04. The summed E-state index contributed by atoms with van der Waals surface area (Å²) in [6.45, 7) is 0.765. The van der Waals surface area contributed by atoms with Crippen molar-refractivity contribution < 1.29 is 13.2 Å². The van der Waals surface area contributed by atoms with Gasteiger partial charge in [0.25, 0.3) is 0 Å². The molecular formula is C15H18F3N3. The lowest BCUT2D eigenvalue weighted by atomic mass is 10.0. The number of halogens is 3. The van der Waals surface area contributed by atoms with Crippen LogP contribution in [-0.2, 0) is 6.18 Å². The van der Waals surface area contributed by atoms with E-state index in [4.69, 9.17) is 0 Å². The average Bonchev–Trinajstić information content (AvgIpc) is 2.92. The minimum absolute atomic E-state index is 0.204. The van der Waals surface area contributed by atoms with Crippen LogP contribution in [0.5, 0.6) is 0 Å². The number of aromatic nitrogens is 2. The first-order valence-electron chi connectivity index (χ1n) is 6.69. The van der Waals surface area contributed by atoms with Gasteiger partial charge in [0, 0.05) is 12.4 Å². The van der Waals surface area contributed by atoms with E-state index in [1.807, 2.05) is 19.0 Å². The Kier molecular flexibility index (Phi) is 4.67. The second-order valence-electron chi connectivity index (χ2n) is 5.22. The largest absolute Gasteiger partial charge is 0.416 e. The van der Waals surface area contributed by atoms with Crippen LogP contribution >= 0.6 is 0 Å². The van der Waals surface area contributed by atoms with Crippen molar-refractivity contribution in [1.29, 1.82) is 0 Å². The molecule has 0 spiro atoms. The Morgan fingerprint density at radius 3 is 2.57 bits per heavy atom. The third kappa shape index (κ3) is 4.07. The highest BCUT2D eigenvalue weighted by atomic mass is 19.4. The molecule has 6 heteroatoms. The van der Waals surface area contributed by atoms with E-state index in [-0.39, 0.29) is 6.04 Å². The zero-order valence-electron chi connectivity index (χ0n) is 12.0. The fourth-order valence-electron chi connectivity index (χ4n) is 2.22. The van der Waals surface area contributed by atoms with Crippen molar-refractivity contribution >= 4 is 0 Å². The van der Waals surface area contributed by atoms with E-state index in [2.05, 4.69) is 5.10 Å². The van der Waals surface area contributed by atoms with Crippen LogP contribution in [0.3, 0.4) is 0 Å². The normalized spacial score (nSPS) is 13.6. The van der Waals surface area contributed by atoms with Gasteiger partial charge in [-0.05, 0) is 50.8 Å². The fourth-order valence-corrected chi connectivity index (χ4v) is 2.22. The van der Waals surface area contributed by atoms with E-state index >= 15 is 0 Å². The Labute approximate surface area is 122 Å². The highest BCUT2D eigenvalue weighted by molar-refractivity contribution is 5.28. The quantitative estimate of drug-likeness (QED) is 0.843. The van der Waals surface area contributed by atoms with Crippen LogP contribution in [0, 0.1) is 0 Å². The van der Waals surface area contributed by atoms with Gasteiger partial charge in [-0.25, -0.2) is 0 Å². The predicted octanol–water partition coefficient (Wildman–Crippen LogP) is 3.44. The molecule has 2 rings (SSSR count). The second-order valence-corrected chi connectivity index (χ2v) is 5.22. The van der Waals surface area contributed by atoms with Crippen molar-refractivity contribution in [2.75, 3.05) is 20.6 Å². The molecule has 1 heterocycles. The van der Waals surface area contributed by atoms with Crippen LogP contribution in [0.15, 0.2) is 42.7 Å². The number of alkyl halides is 3. The third-order valence-electron chi connectivity index (χ3n) is 3.29. The molecule has 1 aromatic heterocycles. The molecule has 1 aromatic carbocycles. The van der Waals surface area contributed by atoms with Crippen LogP contribution in [0.1, 0.15) is 23.6 Å². The summed E-state index contributed by atoms with van der Waals surface area (Å²) >= 11 is 0. The Bertz CT molecular complexity index is 562. The minimum Gasteiger partial charge on any atom is -0.309 e.